The van der Waals surface area contributed by atoms with Crippen LogP contribution in [0.15, 0.2) is 39.9 Å². The first-order valence-electron chi connectivity index (χ1n) is 7.82. The zero-order valence-corrected chi connectivity index (χ0v) is 14.7. The lowest BCUT2D eigenvalue weighted by atomic mass is 10.1. The number of anilines is 2. The molecule has 1 aromatic heterocycles. The smallest absolute Gasteiger partial charge is 0.365 e. The summed E-state index contributed by atoms with van der Waals surface area (Å²) in [6, 6.07) is 6.38. The summed E-state index contributed by atoms with van der Waals surface area (Å²) in [5.41, 5.74) is -0.0875. The van der Waals surface area contributed by atoms with E-state index in [4.69, 9.17) is 0 Å². The summed E-state index contributed by atoms with van der Waals surface area (Å²) in [5, 5.41) is 1.67. The molecule has 0 aliphatic carbocycles. The van der Waals surface area contributed by atoms with Crippen molar-refractivity contribution < 1.29 is 21.6 Å². The summed E-state index contributed by atoms with van der Waals surface area (Å²) in [7, 11) is -3.78. The molecule has 0 bridgehead atoms. The Labute approximate surface area is 147 Å². The van der Waals surface area contributed by atoms with Crippen molar-refractivity contribution in [2.45, 2.75) is 29.3 Å². The molecule has 0 spiro atoms. The molecule has 0 N–H and O–H groups in total. The molecule has 25 heavy (non-hydrogen) atoms. The third-order valence-corrected chi connectivity index (χ3v) is 7.83. The Hall–Kier alpha value is -1.74. The van der Waals surface area contributed by atoms with E-state index in [0.717, 1.165) is 36.3 Å². The molecule has 1 fully saturated rings. The minimum absolute atomic E-state index is 0.0919. The molecular formula is C16H15F3N2O2S2. The van der Waals surface area contributed by atoms with Gasteiger partial charge in [-0.25, -0.2) is 8.42 Å². The molecule has 0 radical (unpaired) electrons. The molecule has 1 saturated heterocycles. The zero-order chi connectivity index (χ0) is 17.8. The topological polar surface area (TPSA) is 40.6 Å². The van der Waals surface area contributed by atoms with E-state index in [-0.39, 0.29) is 16.8 Å². The fourth-order valence-electron chi connectivity index (χ4n) is 3.52. The van der Waals surface area contributed by atoms with Gasteiger partial charge in [0.05, 0.1) is 23.5 Å². The summed E-state index contributed by atoms with van der Waals surface area (Å²) in [4.78, 5) is 1.91. The molecule has 2 aliphatic heterocycles. The average Bonchev–Trinajstić information content (AvgIpc) is 3.24. The number of halogens is 3. The highest BCUT2D eigenvalue weighted by molar-refractivity contribution is 7.94. The van der Waals surface area contributed by atoms with Gasteiger partial charge in [0.1, 0.15) is 4.21 Å². The van der Waals surface area contributed by atoms with Gasteiger partial charge in [0.2, 0.25) is 0 Å². The zero-order valence-electron chi connectivity index (χ0n) is 13.0. The predicted molar refractivity (Wildman–Crippen MR) is 90.7 cm³/mol. The van der Waals surface area contributed by atoms with Gasteiger partial charge in [-0.3, -0.25) is 4.31 Å². The van der Waals surface area contributed by atoms with Gasteiger partial charge >= 0.3 is 6.18 Å². The Balaban J connectivity index is 1.86. The van der Waals surface area contributed by atoms with Crippen molar-refractivity contribution in [1.29, 1.82) is 0 Å². The molecular weight excluding hydrogens is 373 g/mol. The molecule has 1 unspecified atom stereocenters. The summed E-state index contributed by atoms with van der Waals surface area (Å²) < 4.78 is 66.7. The van der Waals surface area contributed by atoms with Crippen LogP contribution in [0.5, 0.6) is 0 Å². The molecule has 3 heterocycles. The fraction of sp³-hybridized carbons (Fsp3) is 0.375. The second-order valence-corrected chi connectivity index (χ2v) is 9.20. The van der Waals surface area contributed by atoms with Crippen molar-refractivity contribution in [3.63, 3.8) is 0 Å². The van der Waals surface area contributed by atoms with Crippen molar-refractivity contribution in [3.05, 3.63) is 41.3 Å². The normalized spacial score (nSPS) is 20.5. The van der Waals surface area contributed by atoms with Gasteiger partial charge < -0.3 is 4.90 Å². The summed E-state index contributed by atoms with van der Waals surface area (Å²) in [6.45, 7) is 0.907. The second-order valence-electron chi connectivity index (χ2n) is 6.16. The lowest BCUT2D eigenvalue weighted by Gasteiger charge is -2.40. The second kappa shape index (κ2) is 5.63. The molecule has 9 heteroatoms. The van der Waals surface area contributed by atoms with Crippen molar-refractivity contribution in [3.8, 4) is 0 Å². The van der Waals surface area contributed by atoms with Crippen LogP contribution in [0.2, 0.25) is 0 Å². The number of hydrogen-bond donors (Lipinski definition) is 0. The number of hydrogen-bond acceptors (Lipinski definition) is 4. The first kappa shape index (κ1) is 16.7. The van der Waals surface area contributed by atoms with Gasteiger partial charge in [-0.15, -0.1) is 11.3 Å². The van der Waals surface area contributed by atoms with Crippen LogP contribution in [-0.4, -0.2) is 27.5 Å². The SMILES string of the molecule is O=S(=O)(c1cccs1)N1CC2CCCN2c2cc(C(F)(F)F)ccc21. The van der Waals surface area contributed by atoms with E-state index in [9.17, 15) is 21.6 Å². The van der Waals surface area contributed by atoms with Crippen LogP contribution >= 0.6 is 11.3 Å². The molecule has 1 atom stereocenters. The Morgan fingerprint density at radius 2 is 1.96 bits per heavy atom. The number of nitrogens with zero attached hydrogens (tertiary/aromatic N) is 2. The Bertz CT molecular complexity index is 895. The number of sulfonamides is 1. The Morgan fingerprint density at radius 1 is 1.16 bits per heavy atom. The van der Waals surface area contributed by atoms with Crippen LogP contribution < -0.4 is 9.21 Å². The molecule has 4 rings (SSSR count). The van der Waals surface area contributed by atoms with Crippen molar-refractivity contribution in [2.24, 2.45) is 0 Å². The van der Waals surface area contributed by atoms with Crippen molar-refractivity contribution in [1.82, 2.24) is 0 Å². The summed E-state index contributed by atoms with van der Waals surface area (Å²) >= 11 is 1.11. The number of benzene rings is 1. The standard InChI is InChI=1S/C16H15F3N2O2S2/c17-16(18,19)11-5-6-13-14(9-11)20-7-1-3-12(20)10-21(13)25(22,23)15-4-2-8-24-15/h2,4-6,8-9,12H,1,3,7,10H2. The van der Waals surface area contributed by atoms with Gasteiger partial charge in [0.15, 0.2) is 0 Å². The Morgan fingerprint density at radius 3 is 2.64 bits per heavy atom. The van der Waals surface area contributed by atoms with Crippen LogP contribution in [0.25, 0.3) is 0 Å². The molecule has 1 aromatic carbocycles. The minimum Gasteiger partial charge on any atom is -0.365 e. The maximum Gasteiger partial charge on any atom is 0.416 e. The van der Waals surface area contributed by atoms with Gasteiger partial charge in [-0.05, 0) is 42.5 Å². The Kier molecular flexibility index (Phi) is 3.77. The van der Waals surface area contributed by atoms with E-state index in [1.165, 1.54) is 16.4 Å². The van der Waals surface area contributed by atoms with Gasteiger partial charge in [-0.2, -0.15) is 13.2 Å². The maximum atomic E-state index is 13.1. The molecule has 134 valence electrons. The van der Waals surface area contributed by atoms with E-state index in [2.05, 4.69) is 0 Å². The maximum absolute atomic E-state index is 13.1. The molecule has 2 aromatic rings. The predicted octanol–water partition coefficient (Wildman–Crippen LogP) is 3.94. The third-order valence-electron chi connectivity index (χ3n) is 4.67. The van der Waals surface area contributed by atoms with Gasteiger partial charge in [0.25, 0.3) is 10.0 Å². The van der Waals surface area contributed by atoms with E-state index >= 15 is 0 Å². The number of rotatable bonds is 2. The molecule has 0 saturated carbocycles. The fourth-order valence-corrected chi connectivity index (χ4v) is 6.14. The van der Waals surface area contributed by atoms with Gasteiger partial charge in [0, 0.05) is 12.6 Å². The minimum atomic E-state index is -4.46. The number of fused-ring (bicyclic) bond motifs is 3. The first-order valence-corrected chi connectivity index (χ1v) is 10.1. The largest absolute Gasteiger partial charge is 0.416 e. The van der Waals surface area contributed by atoms with Crippen molar-refractivity contribution >= 4 is 32.7 Å². The van der Waals surface area contributed by atoms with Crippen LogP contribution in [0, 0.1) is 0 Å². The molecule has 0 amide bonds. The van der Waals surface area contributed by atoms with E-state index in [1.54, 1.807) is 11.4 Å². The third kappa shape index (κ3) is 2.69. The van der Waals surface area contributed by atoms with E-state index < -0.39 is 21.8 Å². The molecule has 4 nitrogen and oxygen atoms in total. The van der Waals surface area contributed by atoms with Crippen molar-refractivity contribution in [2.75, 3.05) is 22.3 Å². The first-order chi connectivity index (χ1) is 11.8. The van der Waals surface area contributed by atoms with Crippen LogP contribution in [-0.2, 0) is 16.2 Å². The van der Waals surface area contributed by atoms with Crippen LogP contribution in [0.1, 0.15) is 18.4 Å². The highest BCUT2D eigenvalue weighted by Gasteiger charge is 2.41. The van der Waals surface area contributed by atoms with Crippen LogP contribution in [0.4, 0.5) is 24.5 Å². The highest BCUT2D eigenvalue weighted by Crippen LogP contribution is 2.44. The monoisotopic (exact) mass is 388 g/mol. The average molecular weight is 388 g/mol. The van der Waals surface area contributed by atoms with E-state index in [1.807, 2.05) is 4.90 Å². The highest BCUT2D eigenvalue weighted by atomic mass is 32.2. The quantitative estimate of drug-likeness (QED) is 0.782. The number of thiophene rings is 1. The lowest BCUT2D eigenvalue weighted by molar-refractivity contribution is -0.137. The lowest BCUT2D eigenvalue weighted by Crippen LogP contribution is -2.48. The van der Waals surface area contributed by atoms with Crippen LogP contribution in [0.3, 0.4) is 0 Å². The number of alkyl halides is 3. The summed E-state index contributed by atoms with van der Waals surface area (Å²) in [5.74, 6) is 0. The summed E-state index contributed by atoms with van der Waals surface area (Å²) in [6.07, 6.45) is -2.85. The van der Waals surface area contributed by atoms with E-state index in [0.29, 0.717) is 17.9 Å². The van der Waals surface area contributed by atoms with Gasteiger partial charge in [-0.1, -0.05) is 6.07 Å². The molecule has 2 aliphatic rings.